The van der Waals surface area contributed by atoms with Crippen LogP contribution in [0.15, 0.2) is 63.8 Å². The van der Waals surface area contributed by atoms with Crippen LogP contribution >= 0.6 is 0 Å². The van der Waals surface area contributed by atoms with Gasteiger partial charge in [0.2, 0.25) is 11.2 Å². The van der Waals surface area contributed by atoms with Crippen molar-refractivity contribution in [3.63, 3.8) is 0 Å². The first-order valence-electron chi connectivity index (χ1n) is 14.6. The van der Waals surface area contributed by atoms with E-state index in [1.54, 1.807) is 31.2 Å². The number of aryl methyl sites for hydroxylation is 2. The molecule has 1 aromatic heterocycles. The maximum absolute atomic E-state index is 14.4. The summed E-state index contributed by atoms with van der Waals surface area (Å²) in [6, 6.07) is 13.8. The molecule has 234 valence electrons. The second kappa shape index (κ2) is 14.0. The number of carbonyl (C=O) groups is 1. The first kappa shape index (κ1) is 32.6. The third-order valence-electron chi connectivity index (χ3n) is 7.10. The molecule has 0 spiro atoms. The topological polar surface area (TPSA) is 78.2 Å². The zero-order valence-corrected chi connectivity index (χ0v) is 25.5. The Hall–Kier alpha value is -4.31. The van der Waals surface area contributed by atoms with Crippen LogP contribution in [0.3, 0.4) is 0 Å². The average molecular weight is 612 g/mol. The van der Waals surface area contributed by atoms with Crippen molar-refractivity contribution in [1.82, 2.24) is 4.90 Å². The maximum atomic E-state index is 14.4. The summed E-state index contributed by atoms with van der Waals surface area (Å²) in [6.07, 6.45) is -3.50. The van der Waals surface area contributed by atoms with Crippen molar-refractivity contribution in [3.8, 4) is 23.0 Å². The molecule has 4 rings (SSSR count). The van der Waals surface area contributed by atoms with E-state index in [0.29, 0.717) is 25.4 Å². The lowest BCUT2D eigenvalue weighted by molar-refractivity contribution is -0.154. The van der Waals surface area contributed by atoms with Gasteiger partial charge in [0, 0.05) is 6.54 Å². The van der Waals surface area contributed by atoms with E-state index in [-0.39, 0.29) is 40.1 Å². The number of hydrogen-bond acceptors (Lipinski definition) is 7. The normalized spacial score (nSPS) is 11.7. The lowest BCUT2D eigenvalue weighted by Crippen LogP contribution is -2.26. The van der Waals surface area contributed by atoms with Crippen LogP contribution in [0.25, 0.3) is 11.0 Å². The third-order valence-corrected chi connectivity index (χ3v) is 7.10. The van der Waals surface area contributed by atoms with Gasteiger partial charge >= 0.3 is 12.1 Å². The molecule has 0 aliphatic carbocycles. The summed E-state index contributed by atoms with van der Waals surface area (Å²) in [4.78, 5) is 28.8. The number of carbonyl (C=O) groups excluding carboxylic acids is 1. The van der Waals surface area contributed by atoms with Gasteiger partial charge in [-0.05, 0) is 106 Å². The molecule has 0 fully saturated rings. The lowest BCUT2D eigenvalue weighted by atomic mass is 10.1. The molecule has 0 saturated carbocycles. The molecule has 0 aliphatic heterocycles. The molecule has 0 radical (unpaired) electrons. The molecule has 4 aromatic rings. The van der Waals surface area contributed by atoms with E-state index < -0.39 is 29.1 Å². The second-order valence-electron chi connectivity index (χ2n) is 10.5. The quantitative estimate of drug-likeness (QED) is 0.117. The molecule has 3 aromatic carbocycles. The molecule has 0 unspecified atom stereocenters. The Kier molecular flexibility index (Phi) is 10.4. The minimum atomic E-state index is -5.05. The SMILES string of the molecule is CCCN(CCC)Cc1c(OC(=O)c2ccc(OCC)cc2)ccc2c(=O)c(Oc3ccc(C)c(C)c3)c(C(F)(F)F)oc12. The summed E-state index contributed by atoms with van der Waals surface area (Å²) in [5.74, 6) is -2.61. The van der Waals surface area contributed by atoms with Gasteiger partial charge in [-0.15, -0.1) is 0 Å². The van der Waals surface area contributed by atoms with E-state index in [1.807, 2.05) is 32.6 Å². The van der Waals surface area contributed by atoms with Gasteiger partial charge < -0.3 is 18.6 Å². The summed E-state index contributed by atoms with van der Waals surface area (Å²) in [6.45, 7) is 11.2. The van der Waals surface area contributed by atoms with Gasteiger partial charge in [-0.3, -0.25) is 9.69 Å². The highest BCUT2D eigenvalue weighted by Gasteiger charge is 2.41. The van der Waals surface area contributed by atoms with Crippen molar-refractivity contribution in [2.75, 3.05) is 19.7 Å². The van der Waals surface area contributed by atoms with Crippen LogP contribution < -0.4 is 19.6 Å². The molecule has 1 heterocycles. The predicted octanol–water partition coefficient (Wildman–Crippen LogP) is 8.46. The van der Waals surface area contributed by atoms with Gasteiger partial charge in [0.25, 0.3) is 5.76 Å². The van der Waals surface area contributed by atoms with Crippen LogP contribution in [0, 0.1) is 13.8 Å². The predicted molar refractivity (Wildman–Crippen MR) is 162 cm³/mol. The minimum absolute atomic E-state index is 0.00677. The van der Waals surface area contributed by atoms with Crippen molar-refractivity contribution in [1.29, 1.82) is 0 Å². The lowest BCUT2D eigenvalue weighted by Gasteiger charge is -2.23. The number of rotatable bonds is 12. The summed E-state index contributed by atoms with van der Waals surface area (Å²) >= 11 is 0. The molecule has 7 nitrogen and oxygen atoms in total. The average Bonchev–Trinajstić information content (AvgIpc) is 2.97. The number of benzene rings is 3. The zero-order valence-electron chi connectivity index (χ0n) is 25.5. The van der Waals surface area contributed by atoms with E-state index in [9.17, 15) is 22.8 Å². The van der Waals surface area contributed by atoms with Crippen LogP contribution in [0.2, 0.25) is 0 Å². The molecular weight excluding hydrogens is 575 g/mol. The van der Waals surface area contributed by atoms with Crippen molar-refractivity contribution in [3.05, 3.63) is 92.8 Å². The van der Waals surface area contributed by atoms with Crippen molar-refractivity contribution < 1.29 is 36.6 Å². The van der Waals surface area contributed by atoms with E-state index in [4.69, 9.17) is 18.6 Å². The highest BCUT2D eigenvalue weighted by molar-refractivity contribution is 5.92. The van der Waals surface area contributed by atoms with Crippen molar-refractivity contribution >= 4 is 16.9 Å². The Bertz CT molecular complexity index is 1670. The highest BCUT2D eigenvalue weighted by Crippen LogP contribution is 2.40. The highest BCUT2D eigenvalue weighted by atomic mass is 19.4. The fourth-order valence-corrected chi connectivity index (χ4v) is 4.84. The van der Waals surface area contributed by atoms with Crippen LogP contribution in [-0.2, 0) is 12.7 Å². The molecule has 0 bridgehead atoms. The van der Waals surface area contributed by atoms with Crippen LogP contribution in [0.5, 0.6) is 23.0 Å². The standard InChI is InChI=1S/C34H36F3NO6/c1-6-17-38(18-7-2)20-27-28(43-33(40)23-10-13-24(14-11-23)41-8-3)16-15-26-29(39)31(32(34(35,36)37)44-30(26)27)42-25-12-9-21(4)22(5)19-25/h9-16,19H,6-8,17-18,20H2,1-5H3. The van der Waals surface area contributed by atoms with Crippen LogP contribution in [-0.4, -0.2) is 30.6 Å². The number of halogens is 3. The van der Waals surface area contributed by atoms with E-state index in [2.05, 4.69) is 0 Å². The van der Waals surface area contributed by atoms with Crippen molar-refractivity contribution in [2.24, 2.45) is 0 Å². The monoisotopic (exact) mass is 611 g/mol. The van der Waals surface area contributed by atoms with E-state index in [0.717, 1.165) is 24.0 Å². The molecule has 0 N–H and O–H groups in total. The minimum Gasteiger partial charge on any atom is -0.494 e. The van der Waals surface area contributed by atoms with E-state index >= 15 is 0 Å². The summed E-state index contributed by atoms with van der Waals surface area (Å²) in [7, 11) is 0. The summed E-state index contributed by atoms with van der Waals surface area (Å²) in [5.41, 5.74) is 0.773. The fraction of sp³-hybridized carbons (Fsp3) is 0.353. The number of ether oxygens (including phenoxy) is 3. The molecule has 44 heavy (non-hydrogen) atoms. The van der Waals surface area contributed by atoms with Gasteiger partial charge in [-0.25, -0.2) is 4.79 Å². The largest absolute Gasteiger partial charge is 0.494 e. The molecule has 0 atom stereocenters. The number of hydrogen-bond donors (Lipinski definition) is 0. The Morgan fingerprint density at radius 1 is 0.886 bits per heavy atom. The number of esters is 1. The Labute approximate surface area is 254 Å². The van der Waals surface area contributed by atoms with Gasteiger partial charge in [0.1, 0.15) is 22.8 Å². The fourth-order valence-electron chi connectivity index (χ4n) is 4.84. The second-order valence-corrected chi connectivity index (χ2v) is 10.5. The molecule has 0 amide bonds. The first-order chi connectivity index (χ1) is 21.0. The third kappa shape index (κ3) is 7.42. The number of nitrogens with zero attached hydrogens (tertiary/aromatic N) is 1. The molecule has 10 heteroatoms. The van der Waals surface area contributed by atoms with Crippen LogP contribution in [0.1, 0.15) is 66.4 Å². The summed E-state index contributed by atoms with van der Waals surface area (Å²) in [5, 5.41) is -0.124. The smallest absolute Gasteiger partial charge is 0.453 e. The number of fused-ring (bicyclic) bond motifs is 1. The maximum Gasteiger partial charge on any atom is 0.453 e. The molecule has 0 aliphatic rings. The van der Waals surface area contributed by atoms with E-state index in [1.165, 1.54) is 30.3 Å². The molecule has 0 saturated heterocycles. The number of alkyl halides is 3. The Morgan fingerprint density at radius 2 is 1.55 bits per heavy atom. The Morgan fingerprint density at radius 3 is 2.14 bits per heavy atom. The van der Waals surface area contributed by atoms with Gasteiger partial charge in [-0.2, -0.15) is 13.2 Å². The van der Waals surface area contributed by atoms with Gasteiger partial charge in [-0.1, -0.05) is 19.9 Å². The van der Waals surface area contributed by atoms with Crippen LogP contribution in [0.4, 0.5) is 13.2 Å². The first-order valence-corrected chi connectivity index (χ1v) is 14.6. The Balaban J connectivity index is 1.88. The zero-order chi connectivity index (χ0) is 32.0. The van der Waals surface area contributed by atoms with Gasteiger partial charge in [0.15, 0.2) is 0 Å². The van der Waals surface area contributed by atoms with Crippen molar-refractivity contribution in [2.45, 2.75) is 60.2 Å². The summed E-state index contributed by atoms with van der Waals surface area (Å²) < 4.78 is 65.6. The van der Waals surface area contributed by atoms with Gasteiger partial charge in [0.05, 0.1) is 23.1 Å². The molecular formula is C34H36F3NO6.